The molecule has 21 heavy (non-hydrogen) atoms. The fraction of sp³-hybridized carbons (Fsp3) is 0.500. The largest absolute Gasteiger partial charge is 0.497 e. The van der Waals surface area contributed by atoms with Crippen LogP contribution in [-0.4, -0.2) is 45.3 Å². The second kappa shape index (κ2) is 7.02. The van der Waals surface area contributed by atoms with Gasteiger partial charge in [-0.05, 0) is 24.1 Å². The summed E-state index contributed by atoms with van der Waals surface area (Å²) >= 11 is 0. The third-order valence-electron chi connectivity index (χ3n) is 3.48. The van der Waals surface area contributed by atoms with E-state index in [4.69, 9.17) is 4.74 Å². The fourth-order valence-corrected chi connectivity index (χ4v) is 3.39. The summed E-state index contributed by atoms with van der Waals surface area (Å²) in [6.45, 7) is 0.881. The van der Waals surface area contributed by atoms with Crippen LogP contribution < -0.4 is 9.46 Å². The molecule has 0 unspecified atom stereocenters. The predicted molar refractivity (Wildman–Crippen MR) is 79.4 cm³/mol. The van der Waals surface area contributed by atoms with Crippen molar-refractivity contribution in [3.63, 3.8) is 0 Å². The van der Waals surface area contributed by atoms with Crippen LogP contribution in [0.15, 0.2) is 24.3 Å². The number of rotatable bonds is 6. The lowest BCUT2D eigenvalue weighted by Crippen LogP contribution is -2.45. The summed E-state index contributed by atoms with van der Waals surface area (Å²) in [6, 6.07) is 7.51. The van der Waals surface area contributed by atoms with Gasteiger partial charge in [-0.15, -0.1) is 0 Å². The first-order chi connectivity index (χ1) is 10.0. The second-order valence-electron chi connectivity index (χ2n) is 4.94. The van der Waals surface area contributed by atoms with Crippen molar-refractivity contribution < 1.29 is 17.9 Å². The summed E-state index contributed by atoms with van der Waals surface area (Å²) in [5.74, 6) is 0.900. The lowest BCUT2D eigenvalue weighted by Gasteiger charge is -2.25. The van der Waals surface area contributed by atoms with E-state index in [0.717, 1.165) is 11.3 Å². The Hall–Kier alpha value is -1.44. The van der Waals surface area contributed by atoms with E-state index < -0.39 is 10.2 Å². The Morgan fingerprint density at radius 2 is 1.81 bits per heavy atom. The molecule has 1 aliphatic heterocycles. The Bertz CT molecular complexity index is 573. The molecule has 116 valence electrons. The molecule has 2 rings (SSSR count). The third kappa shape index (κ3) is 4.52. The van der Waals surface area contributed by atoms with Crippen LogP contribution in [0.4, 0.5) is 0 Å². The molecule has 6 nitrogen and oxygen atoms in total. The van der Waals surface area contributed by atoms with Crippen molar-refractivity contribution in [3.8, 4) is 5.75 Å². The highest BCUT2D eigenvalue weighted by atomic mass is 32.2. The smallest absolute Gasteiger partial charge is 0.279 e. The molecule has 1 aromatic carbocycles. The van der Waals surface area contributed by atoms with Crippen LogP contribution in [0, 0.1) is 0 Å². The predicted octanol–water partition coefficient (Wildman–Crippen LogP) is 0.737. The standard InChI is InChI=1S/C14H20N2O4S/c1-20-14-4-2-12(3-5-14)6-9-15-21(18,19)16-10-7-13(17)8-11-16/h2-5,15H,6-11H2,1H3. The molecule has 1 N–H and O–H groups in total. The van der Waals surface area contributed by atoms with Gasteiger partial charge >= 0.3 is 0 Å². The molecule has 1 saturated heterocycles. The van der Waals surface area contributed by atoms with Crippen molar-refractivity contribution in [2.75, 3.05) is 26.7 Å². The molecule has 0 aliphatic carbocycles. The summed E-state index contributed by atoms with van der Waals surface area (Å²) in [6.07, 6.45) is 1.22. The molecule has 1 aromatic rings. The molecule has 0 aromatic heterocycles. The highest BCUT2D eigenvalue weighted by Crippen LogP contribution is 2.12. The van der Waals surface area contributed by atoms with Crippen LogP contribution in [-0.2, 0) is 21.4 Å². The first-order valence-corrected chi connectivity index (χ1v) is 8.34. The van der Waals surface area contributed by atoms with E-state index in [0.29, 0.717) is 25.8 Å². The van der Waals surface area contributed by atoms with E-state index >= 15 is 0 Å². The topological polar surface area (TPSA) is 75.7 Å². The summed E-state index contributed by atoms with van der Waals surface area (Å²) in [4.78, 5) is 11.1. The van der Waals surface area contributed by atoms with Crippen LogP contribution >= 0.6 is 0 Å². The van der Waals surface area contributed by atoms with Crippen LogP contribution in [0.3, 0.4) is 0 Å². The first kappa shape index (κ1) is 15.9. The van der Waals surface area contributed by atoms with E-state index in [9.17, 15) is 13.2 Å². The van der Waals surface area contributed by atoms with Crippen molar-refractivity contribution in [2.24, 2.45) is 0 Å². The highest BCUT2D eigenvalue weighted by molar-refractivity contribution is 7.87. The van der Waals surface area contributed by atoms with Crippen LogP contribution in [0.5, 0.6) is 5.75 Å². The minimum absolute atomic E-state index is 0.125. The number of ether oxygens (including phenoxy) is 1. The maximum absolute atomic E-state index is 12.1. The maximum Gasteiger partial charge on any atom is 0.279 e. The minimum atomic E-state index is -3.48. The van der Waals surface area contributed by atoms with E-state index in [-0.39, 0.29) is 18.9 Å². The van der Waals surface area contributed by atoms with E-state index in [2.05, 4.69) is 4.72 Å². The number of carbonyl (C=O) groups is 1. The zero-order valence-corrected chi connectivity index (χ0v) is 12.9. The Morgan fingerprint density at radius 3 is 2.38 bits per heavy atom. The number of benzene rings is 1. The van der Waals surface area contributed by atoms with Gasteiger partial charge in [-0.2, -0.15) is 12.7 Å². The molecule has 0 atom stereocenters. The van der Waals surface area contributed by atoms with Gasteiger partial charge in [-0.1, -0.05) is 12.1 Å². The van der Waals surface area contributed by atoms with Gasteiger partial charge < -0.3 is 4.74 Å². The van der Waals surface area contributed by atoms with Crippen molar-refractivity contribution in [1.29, 1.82) is 0 Å². The normalized spacial score (nSPS) is 16.9. The highest BCUT2D eigenvalue weighted by Gasteiger charge is 2.26. The number of nitrogens with one attached hydrogen (secondary N) is 1. The molecule has 0 saturated carbocycles. The van der Waals surface area contributed by atoms with Crippen LogP contribution in [0.2, 0.25) is 0 Å². The number of methoxy groups -OCH3 is 1. The zero-order valence-electron chi connectivity index (χ0n) is 12.0. The van der Waals surface area contributed by atoms with E-state index in [1.807, 2.05) is 24.3 Å². The van der Waals surface area contributed by atoms with Crippen molar-refractivity contribution >= 4 is 16.0 Å². The SMILES string of the molecule is COc1ccc(CCNS(=O)(=O)N2CCC(=O)CC2)cc1. The summed E-state index contributed by atoms with van der Waals surface area (Å²) < 4.78 is 33.1. The van der Waals surface area contributed by atoms with Crippen molar-refractivity contribution in [2.45, 2.75) is 19.3 Å². The molecule has 0 bridgehead atoms. The number of Topliss-reactive ketones (excluding diaryl/α,β-unsaturated/α-hetero) is 1. The summed E-state index contributed by atoms with van der Waals surface area (Å²) in [5, 5.41) is 0. The molecule has 7 heteroatoms. The zero-order chi connectivity index (χ0) is 15.3. The fourth-order valence-electron chi connectivity index (χ4n) is 2.18. The van der Waals surface area contributed by atoms with Gasteiger partial charge in [0.25, 0.3) is 10.2 Å². The maximum atomic E-state index is 12.1. The molecule has 1 heterocycles. The lowest BCUT2D eigenvalue weighted by molar-refractivity contribution is -0.120. The molecule has 0 amide bonds. The quantitative estimate of drug-likeness (QED) is 0.840. The third-order valence-corrected chi connectivity index (χ3v) is 5.09. The number of hydrogen-bond donors (Lipinski definition) is 1. The molecule has 1 fully saturated rings. The van der Waals surface area contributed by atoms with Gasteiger partial charge in [0.1, 0.15) is 11.5 Å². The Labute approximate surface area is 125 Å². The van der Waals surface area contributed by atoms with Gasteiger partial charge in [0.05, 0.1) is 7.11 Å². The molecule has 0 radical (unpaired) electrons. The monoisotopic (exact) mass is 312 g/mol. The second-order valence-corrected chi connectivity index (χ2v) is 6.69. The number of ketones is 1. The van der Waals surface area contributed by atoms with Crippen molar-refractivity contribution in [3.05, 3.63) is 29.8 Å². The van der Waals surface area contributed by atoms with Gasteiger partial charge in [0.2, 0.25) is 0 Å². The van der Waals surface area contributed by atoms with Crippen LogP contribution in [0.25, 0.3) is 0 Å². The van der Waals surface area contributed by atoms with Gasteiger partial charge in [0.15, 0.2) is 0 Å². The summed E-state index contributed by atoms with van der Waals surface area (Å²) in [7, 11) is -1.88. The van der Waals surface area contributed by atoms with Gasteiger partial charge in [-0.25, -0.2) is 4.72 Å². The van der Waals surface area contributed by atoms with E-state index in [1.54, 1.807) is 7.11 Å². The Balaban J connectivity index is 1.82. The average molecular weight is 312 g/mol. The first-order valence-electron chi connectivity index (χ1n) is 6.90. The Kier molecular flexibility index (Phi) is 5.33. The number of piperidine rings is 1. The number of hydrogen-bond acceptors (Lipinski definition) is 4. The number of carbonyl (C=O) groups excluding carboxylic acids is 1. The molecular formula is C14H20N2O4S. The lowest BCUT2D eigenvalue weighted by atomic mass is 10.1. The average Bonchev–Trinajstić information content (AvgIpc) is 2.48. The molecular weight excluding hydrogens is 292 g/mol. The Morgan fingerprint density at radius 1 is 1.19 bits per heavy atom. The number of nitrogens with zero attached hydrogens (tertiary/aromatic N) is 1. The van der Waals surface area contributed by atoms with Crippen LogP contribution in [0.1, 0.15) is 18.4 Å². The van der Waals surface area contributed by atoms with E-state index in [1.165, 1.54) is 4.31 Å². The molecule has 1 aliphatic rings. The summed E-state index contributed by atoms with van der Waals surface area (Å²) in [5.41, 5.74) is 1.03. The van der Waals surface area contributed by atoms with Gasteiger partial charge in [0, 0.05) is 32.5 Å². The minimum Gasteiger partial charge on any atom is -0.497 e. The van der Waals surface area contributed by atoms with Crippen molar-refractivity contribution in [1.82, 2.24) is 9.03 Å². The molecule has 0 spiro atoms. The van der Waals surface area contributed by atoms with Gasteiger partial charge in [-0.3, -0.25) is 4.79 Å².